The summed E-state index contributed by atoms with van der Waals surface area (Å²) in [6.45, 7) is 0. The first-order chi connectivity index (χ1) is 7.59. The average molecular weight is 268 g/mol. The number of benzene rings is 1. The normalized spacial score (nSPS) is 14.6. The summed E-state index contributed by atoms with van der Waals surface area (Å²) in [6, 6.07) is 3.75. The van der Waals surface area contributed by atoms with E-state index in [0.29, 0.717) is 0 Å². The molecule has 1 unspecified atom stereocenters. The van der Waals surface area contributed by atoms with Crippen LogP contribution in [0.5, 0.6) is 0 Å². The van der Waals surface area contributed by atoms with E-state index in [1.54, 1.807) is 0 Å². The lowest BCUT2D eigenvalue weighted by Crippen LogP contribution is -2.13. The van der Waals surface area contributed by atoms with Gasteiger partial charge in [-0.2, -0.15) is 13.2 Å². The maximum atomic E-state index is 12.2. The fourth-order valence-electron chi connectivity index (χ4n) is 1.28. The number of halogens is 3. The Bertz CT molecular complexity index is 477. The Morgan fingerprint density at radius 1 is 1.24 bits per heavy atom. The number of rotatable bonds is 3. The van der Waals surface area contributed by atoms with Gasteiger partial charge in [-0.25, -0.2) is 8.42 Å². The van der Waals surface area contributed by atoms with Crippen molar-refractivity contribution in [2.75, 3.05) is 12.0 Å². The molecule has 0 fully saturated rings. The van der Waals surface area contributed by atoms with Gasteiger partial charge in [-0.3, -0.25) is 0 Å². The standard InChI is InChI=1S/C10H11F3O3S/c1-17(15,16)6-9(14)7-2-4-8(5-3-7)10(11,12)13/h2-5,9,14H,6H2,1H3. The van der Waals surface area contributed by atoms with E-state index >= 15 is 0 Å². The van der Waals surface area contributed by atoms with Gasteiger partial charge >= 0.3 is 6.18 Å². The largest absolute Gasteiger partial charge is 0.416 e. The Labute approximate surface area is 96.8 Å². The van der Waals surface area contributed by atoms with Gasteiger partial charge in [0.1, 0.15) is 9.84 Å². The van der Waals surface area contributed by atoms with Gasteiger partial charge in [0.15, 0.2) is 0 Å². The van der Waals surface area contributed by atoms with Crippen molar-refractivity contribution in [3.8, 4) is 0 Å². The van der Waals surface area contributed by atoms with Gasteiger partial charge in [0.25, 0.3) is 0 Å². The third-order valence-corrected chi connectivity index (χ3v) is 3.00. The first-order valence-electron chi connectivity index (χ1n) is 4.62. The zero-order chi connectivity index (χ0) is 13.3. The third kappa shape index (κ3) is 4.35. The van der Waals surface area contributed by atoms with Gasteiger partial charge in [0, 0.05) is 6.26 Å². The molecule has 0 aliphatic heterocycles. The van der Waals surface area contributed by atoms with Crippen LogP contribution in [0.4, 0.5) is 13.2 Å². The lowest BCUT2D eigenvalue weighted by atomic mass is 10.1. The van der Waals surface area contributed by atoms with Gasteiger partial charge < -0.3 is 5.11 Å². The SMILES string of the molecule is CS(=O)(=O)CC(O)c1ccc(C(F)(F)F)cc1. The van der Waals surface area contributed by atoms with Crippen LogP contribution in [-0.2, 0) is 16.0 Å². The molecule has 0 amide bonds. The number of sulfone groups is 1. The van der Waals surface area contributed by atoms with Crippen LogP contribution in [0.15, 0.2) is 24.3 Å². The van der Waals surface area contributed by atoms with Gasteiger partial charge in [0.2, 0.25) is 0 Å². The highest BCUT2D eigenvalue weighted by atomic mass is 32.2. The summed E-state index contributed by atoms with van der Waals surface area (Å²) in [6.07, 6.45) is -4.81. The van der Waals surface area contributed by atoms with Crippen molar-refractivity contribution in [2.24, 2.45) is 0 Å². The average Bonchev–Trinajstić information content (AvgIpc) is 2.14. The maximum absolute atomic E-state index is 12.2. The Hall–Kier alpha value is -1.08. The van der Waals surface area contributed by atoms with Crippen LogP contribution in [0.25, 0.3) is 0 Å². The van der Waals surface area contributed by atoms with E-state index in [0.717, 1.165) is 30.5 Å². The molecule has 0 heterocycles. The Kier molecular flexibility index (Phi) is 3.83. The van der Waals surface area contributed by atoms with E-state index in [4.69, 9.17) is 0 Å². The minimum atomic E-state index is -4.44. The van der Waals surface area contributed by atoms with Crippen molar-refractivity contribution in [2.45, 2.75) is 12.3 Å². The highest BCUT2D eigenvalue weighted by Crippen LogP contribution is 2.30. The molecule has 17 heavy (non-hydrogen) atoms. The fourth-order valence-corrected chi connectivity index (χ4v) is 2.04. The van der Waals surface area contributed by atoms with E-state index in [1.165, 1.54) is 0 Å². The number of hydrogen-bond donors (Lipinski definition) is 1. The van der Waals surface area contributed by atoms with Crippen LogP contribution in [-0.4, -0.2) is 25.5 Å². The zero-order valence-electron chi connectivity index (χ0n) is 8.90. The van der Waals surface area contributed by atoms with Crippen LogP contribution >= 0.6 is 0 Å². The van der Waals surface area contributed by atoms with Crippen molar-refractivity contribution in [3.05, 3.63) is 35.4 Å². The van der Waals surface area contributed by atoms with Crippen LogP contribution in [0.1, 0.15) is 17.2 Å². The van der Waals surface area contributed by atoms with E-state index in [1.807, 2.05) is 0 Å². The molecule has 3 nitrogen and oxygen atoms in total. The summed E-state index contributed by atoms with van der Waals surface area (Å²) < 4.78 is 58.5. The number of aliphatic hydroxyl groups excluding tert-OH is 1. The topological polar surface area (TPSA) is 54.4 Å². The second kappa shape index (κ2) is 4.66. The lowest BCUT2D eigenvalue weighted by molar-refractivity contribution is -0.137. The molecule has 0 saturated carbocycles. The second-order valence-corrected chi connectivity index (χ2v) is 5.91. The predicted octanol–water partition coefficient (Wildman–Crippen LogP) is 1.78. The van der Waals surface area contributed by atoms with E-state index in [-0.39, 0.29) is 5.56 Å². The molecule has 1 atom stereocenters. The predicted molar refractivity (Wildman–Crippen MR) is 56.1 cm³/mol. The molecule has 0 spiro atoms. The second-order valence-electron chi connectivity index (χ2n) is 3.73. The van der Waals surface area contributed by atoms with Gasteiger partial charge in [-0.1, -0.05) is 12.1 Å². The molecule has 0 aliphatic rings. The summed E-state index contributed by atoms with van der Waals surface area (Å²) in [5.41, 5.74) is -0.698. The molecular weight excluding hydrogens is 257 g/mol. The van der Waals surface area contributed by atoms with Crippen molar-refractivity contribution < 1.29 is 26.7 Å². The zero-order valence-corrected chi connectivity index (χ0v) is 9.72. The van der Waals surface area contributed by atoms with Crippen molar-refractivity contribution in [1.82, 2.24) is 0 Å². The number of hydrogen-bond acceptors (Lipinski definition) is 3. The monoisotopic (exact) mass is 268 g/mol. The van der Waals surface area contributed by atoms with Gasteiger partial charge in [0.05, 0.1) is 17.4 Å². The summed E-state index contributed by atoms with van der Waals surface area (Å²) in [5.74, 6) is -0.516. The third-order valence-electron chi connectivity index (χ3n) is 2.08. The molecule has 0 bridgehead atoms. The molecule has 1 N–H and O–H groups in total. The molecule has 0 aliphatic carbocycles. The molecule has 0 saturated heterocycles. The Balaban J connectivity index is 2.88. The molecule has 0 aromatic heterocycles. The van der Waals surface area contributed by atoms with Crippen molar-refractivity contribution in [3.63, 3.8) is 0 Å². The highest BCUT2D eigenvalue weighted by Gasteiger charge is 2.30. The van der Waals surface area contributed by atoms with E-state index < -0.39 is 33.4 Å². The fraction of sp³-hybridized carbons (Fsp3) is 0.400. The maximum Gasteiger partial charge on any atom is 0.416 e. The quantitative estimate of drug-likeness (QED) is 0.909. The van der Waals surface area contributed by atoms with Gasteiger partial charge in [-0.05, 0) is 17.7 Å². The summed E-state index contributed by atoms with van der Waals surface area (Å²) in [4.78, 5) is 0. The lowest BCUT2D eigenvalue weighted by Gasteiger charge is -2.11. The van der Waals surface area contributed by atoms with Crippen molar-refractivity contribution in [1.29, 1.82) is 0 Å². The summed E-state index contributed by atoms with van der Waals surface area (Å²) in [7, 11) is -3.38. The minimum absolute atomic E-state index is 0.142. The molecular formula is C10H11F3O3S. The molecule has 1 aromatic rings. The first kappa shape index (κ1) is 14.0. The Morgan fingerprint density at radius 3 is 2.06 bits per heavy atom. The van der Waals surface area contributed by atoms with E-state index in [9.17, 15) is 26.7 Å². The van der Waals surface area contributed by atoms with Crippen LogP contribution in [0.3, 0.4) is 0 Å². The molecule has 1 aromatic carbocycles. The number of alkyl halides is 3. The minimum Gasteiger partial charge on any atom is -0.387 e. The molecule has 1 rings (SSSR count). The molecule has 7 heteroatoms. The summed E-state index contributed by atoms with van der Waals surface area (Å²) >= 11 is 0. The van der Waals surface area contributed by atoms with Crippen LogP contribution in [0, 0.1) is 0 Å². The first-order valence-corrected chi connectivity index (χ1v) is 6.68. The summed E-state index contributed by atoms with van der Waals surface area (Å²) in [5, 5.41) is 9.49. The Morgan fingerprint density at radius 2 is 1.71 bits per heavy atom. The van der Waals surface area contributed by atoms with Crippen LogP contribution in [0.2, 0.25) is 0 Å². The molecule has 0 radical (unpaired) electrons. The van der Waals surface area contributed by atoms with Crippen LogP contribution < -0.4 is 0 Å². The smallest absolute Gasteiger partial charge is 0.387 e. The van der Waals surface area contributed by atoms with Gasteiger partial charge in [-0.15, -0.1) is 0 Å². The van der Waals surface area contributed by atoms with Crippen molar-refractivity contribution >= 4 is 9.84 Å². The highest BCUT2D eigenvalue weighted by molar-refractivity contribution is 7.90. The van der Waals surface area contributed by atoms with E-state index in [2.05, 4.69) is 0 Å². The molecule has 96 valence electrons. The number of aliphatic hydroxyl groups is 1.